The SMILES string of the molecule is CNc1cc(-c2cccnc2)nc(Nc2ccc3cn[nH]c3c2)c1[N+](=O)[O-]. The third-order valence-corrected chi connectivity index (χ3v) is 4.11. The Morgan fingerprint density at radius 3 is 2.81 bits per heavy atom. The number of aromatic amines is 1. The zero-order valence-corrected chi connectivity index (χ0v) is 14.3. The lowest BCUT2D eigenvalue weighted by atomic mass is 10.1. The number of hydrogen-bond acceptors (Lipinski definition) is 7. The van der Waals surface area contributed by atoms with E-state index in [0.29, 0.717) is 17.1 Å². The third kappa shape index (κ3) is 3.13. The molecule has 27 heavy (non-hydrogen) atoms. The van der Waals surface area contributed by atoms with Crippen LogP contribution in [-0.4, -0.2) is 32.1 Å². The number of pyridine rings is 2. The van der Waals surface area contributed by atoms with E-state index in [1.54, 1.807) is 37.8 Å². The van der Waals surface area contributed by atoms with Gasteiger partial charge in [0, 0.05) is 36.1 Å². The van der Waals surface area contributed by atoms with Gasteiger partial charge in [0.1, 0.15) is 5.69 Å². The van der Waals surface area contributed by atoms with Crippen molar-refractivity contribution in [3.05, 3.63) is 65.1 Å². The first kappa shape index (κ1) is 16.5. The minimum Gasteiger partial charge on any atom is -0.382 e. The molecule has 3 N–H and O–H groups in total. The number of aromatic nitrogens is 4. The van der Waals surface area contributed by atoms with Crippen LogP contribution in [0.4, 0.5) is 22.9 Å². The maximum atomic E-state index is 11.7. The normalized spacial score (nSPS) is 10.7. The van der Waals surface area contributed by atoms with Crippen LogP contribution >= 0.6 is 0 Å². The van der Waals surface area contributed by atoms with Crippen LogP contribution in [0.25, 0.3) is 22.2 Å². The average molecular weight is 361 g/mol. The lowest BCUT2D eigenvalue weighted by Crippen LogP contribution is -2.05. The number of rotatable bonds is 5. The highest BCUT2D eigenvalue weighted by Crippen LogP contribution is 2.36. The average Bonchev–Trinajstić information content (AvgIpc) is 3.15. The van der Waals surface area contributed by atoms with Crippen LogP contribution in [0.1, 0.15) is 0 Å². The second-order valence-electron chi connectivity index (χ2n) is 5.80. The molecule has 0 atom stereocenters. The molecule has 0 aliphatic carbocycles. The fourth-order valence-corrected chi connectivity index (χ4v) is 2.81. The van der Waals surface area contributed by atoms with Crippen molar-refractivity contribution in [3.8, 4) is 11.3 Å². The van der Waals surface area contributed by atoms with Gasteiger partial charge in [-0.3, -0.25) is 20.2 Å². The first-order valence-corrected chi connectivity index (χ1v) is 8.13. The molecule has 134 valence electrons. The van der Waals surface area contributed by atoms with Crippen LogP contribution in [-0.2, 0) is 0 Å². The second kappa shape index (κ2) is 6.71. The van der Waals surface area contributed by atoms with Crippen molar-refractivity contribution in [2.75, 3.05) is 17.7 Å². The molecule has 1 aromatic carbocycles. The van der Waals surface area contributed by atoms with Gasteiger partial charge >= 0.3 is 5.69 Å². The second-order valence-corrected chi connectivity index (χ2v) is 5.80. The molecule has 9 nitrogen and oxygen atoms in total. The van der Waals surface area contributed by atoms with E-state index in [1.165, 1.54) is 0 Å². The van der Waals surface area contributed by atoms with Crippen molar-refractivity contribution in [2.24, 2.45) is 0 Å². The van der Waals surface area contributed by atoms with E-state index < -0.39 is 4.92 Å². The molecule has 4 aromatic rings. The van der Waals surface area contributed by atoms with Gasteiger partial charge in [0.15, 0.2) is 0 Å². The highest BCUT2D eigenvalue weighted by molar-refractivity contribution is 5.85. The Labute approximate surface area is 153 Å². The monoisotopic (exact) mass is 361 g/mol. The van der Waals surface area contributed by atoms with E-state index in [0.717, 1.165) is 16.5 Å². The van der Waals surface area contributed by atoms with Crippen molar-refractivity contribution in [3.63, 3.8) is 0 Å². The fraction of sp³-hybridized carbons (Fsp3) is 0.0556. The Hall–Kier alpha value is -4.01. The number of benzene rings is 1. The van der Waals surface area contributed by atoms with Gasteiger partial charge < -0.3 is 10.6 Å². The Bertz CT molecular complexity index is 1130. The summed E-state index contributed by atoms with van der Waals surface area (Å²) in [4.78, 5) is 19.8. The number of anilines is 3. The van der Waals surface area contributed by atoms with E-state index in [4.69, 9.17) is 0 Å². The molecule has 3 aromatic heterocycles. The maximum absolute atomic E-state index is 11.7. The molecule has 0 unspecified atom stereocenters. The van der Waals surface area contributed by atoms with Crippen molar-refractivity contribution >= 4 is 33.8 Å². The Balaban J connectivity index is 1.84. The number of nitrogens with one attached hydrogen (secondary N) is 3. The zero-order chi connectivity index (χ0) is 18.8. The number of H-pyrrole nitrogens is 1. The molecule has 0 saturated heterocycles. The number of hydrogen-bond donors (Lipinski definition) is 3. The maximum Gasteiger partial charge on any atom is 0.334 e. The minimum absolute atomic E-state index is 0.130. The highest BCUT2D eigenvalue weighted by atomic mass is 16.6. The molecule has 0 amide bonds. The quantitative estimate of drug-likeness (QED) is 0.366. The highest BCUT2D eigenvalue weighted by Gasteiger charge is 2.23. The van der Waals surface area contributed by atoms with Gasteiger partial charge in [0.05, 0.1) is 22.3 Å². The van der Waals surface area contributed by atoms with E-state index in [1.807, 2.05) is 24.3 Å². The number of nitrogens with zero attached hydrogens (tertiary/aromatic N) is 4. The van der Waals surface area contributed by atoms with Gasteiger partial charge in [-0.15, -0.1) is 0 Å². The van der Waals surface area contributed by atoms with Crippen molar-refractivity contribution in [1.29, 1.82) is 0 Å². The van der Waals surface area contributed by atoms with Gasteiger partial charge in [-0.25, -0.2) is 4.98 Å². The van der Waals surface area contributed by atoms with Gasteiger partial charge in [-0.05, 0) is 36.4 Å². The summed E-state index contributed by atoms with van der Waals surface area (Å²) in [6.07, 6.45) is 5.03. The Morgan fingerprint density at radius 2 is 2.07 bits per heavy atom. The molecule has 9 heteroatoms. The van der Waals surface area contributed by atoms with Crippen LogP contribution in [0.5, 0.6) is 0 Å². The van der Waals surface area contributed by atoms with E-state index in [-0.39, 0.29) is 11.5 Å². The molecular formula is C18H15N7O2. The summed E-state index contributed by atoms with van der Waals surface area (Å²) in [5.41, 5.74) is 3.04. The first-order chi connectivity index (χ1) is 13.2. The standard InChI is InChI=1S/C18H15N7O2/c1-19-16-8-14(11-3-2-6-20-9-11)23-18(17(16)25(26)27)22-13-5-4-12-10-21-24-15(12)7-13/h2-10H,1H3,(H,21,24)(H2,19,22,23). The first-order valence-electron chi connectivity index (χ1n) is 8.13. The summed E-state index contributed by atoms with van der Waals surface area (Å²) >= 11 is 0. The summed E-state index contributed by atoms with van der Waals surface area (Å²) in [5.74, 6) is 0.143. The lowest BCUT2D eigenvalue weighted by Gasteiger charge is -2.12. The van der Waals surface area contributed by atoms with E-state index >= 15 is 0 Å². The third-order valence-electron chi connectivity index (χ3n) is 4.11. The predicted molar refractivity (Wildman–Crippen MR) is 103 cm³/mol. The van der Waals surface area contributed by atoms with Crippen molar-refractivity contribution < 1.29 is 4.92 Å². The zero-order valence-electron chi connectivity index (χ0n) is 14.3. The van der Waals surface area contributed by atoms with Gasteiger partial charge in [-0.1, -0.05) is 0 Å². The topological polar surface area (TPSA) is 122 Å². The fourth-order valence-electron chi connectivity index (χ4n) is 2.81. The van der Waals surface area contributed by atoms with Gasteiger partial charge in [0.25, 0.3) is 0 Å². The molecule has 0 saturated carbocycles. The van der Waals surface area contributed by atoms with Crippen LogP contribution in [0.3, 0.4) is 0 Å². The van der Waals surface area contributed by atoms with Gasteiger partial charge in [0.2, 0.25) is 5.82 Å². The lowest BCUT2D eigenvalue weighted by molar-refractivity contribution is -0.383. The molecule has 3 heterocycles. The summed E-state index contributed by atoms with van der Waals surface area (Å²) in [5, 5.41) is 25.4. The molecule has 0 bridgehead atoms. The van der Waals surface area contributed by atoms with Crippen molar-refractivity contribution in [2.45, 2.75) is 0 Å². The molecule has 0 fully saturated rings. The van der Waals surface area contributed by atoms with Crippen LogP contribution in [0, 0.1) is 10.1 Å². The van der Waals surface area contributed by atoms with Crippen molar-refractivity contribution in [1.82, 2.24) is 20.2 Å². The predicted octanol–water partition coefficient (Wildman–Crippen LogP) is 3.71. The molecule has 0 spiro atoms. The van der Waals surface area contributed by atoms with Crippen LogP contribution in [0.2, 0.25) is 0 Å². The Morgan fingerprint density at radius 1 is 1.19 bits per heavy atom. The minimum atomic E-state index is -0.455. The molecule has 4 rings (SSSR count). The largest absolute Gasteiger partial charge is 0.382 e. The van der Waals surface area contributed by atoms with Gasteiger partial charge in [-0.2, -0.15) is 5.10 Å². The van der Waals surface area contributed by atoms with E-state index in [2.05, 4.69) is 30.8 Å². The summed E-state index contributed by atoms with van der Waals surface area (Å²) in [6.45, 7) is 0. The summed E-state index contributed by atoms with van der Waals surface area (Å²) < 4.78 is 0. The molecular weight excluding hydrogens is 346 g/mol. The van der Waals surface area contributed by atoms with Crippen LogP contribution in [0.15, 0.2) is 55.0 Å². The van der Waals surface area contributed by atoms with E-state index in [9.17, 15) is 10.1 Å². The molecule has 0 aliphatic rings. The number of nitro groups is 1. The smallest absolute Gasteiger partial charge is 0.334 e. The summed E-state index contributed by atoms with van der Waals surface area (Å²) in [6, 6.07) is 10.8. The Kier molecular flexibility index (Phi) is 4.09. The summed E-state index contributed by atoms with van der Waals surface area (Å²) in [7, 11) is 1.63. The van der Waals surface area contributed by atoms with Crippen LogP contribution < -0.4 is 10.6 Å². The molecule has 0 radical (unpaired) electrons. The number of fused-ring (bicyclic) bond motifs is 1. The molecule has 0 aliphatic heterocycles.